The second kappa shape index (κ2) is 8.28. The van der Waals surface area contributed by atoms with Crippen LogP contribution in [-0.2, 0) is 21.5 Å². The van der Waals surface area contributed by atoms with E-state index in [4.69, 9.17) is 5.73 Å². The normalized spacial score (nSPS) is 22.9. The smallest absolute Gasteiger partial charge is 0.326 e. The van der Waals surface area contributed by atoms with Gasteiger partial charge in [-0.25, -0.2) is 9.69 Å². The van der Waals surface area contributed by atoms with Crippen molar-refractivity contribution in [3.05, 3.63) is 71.8 Å². The van der Waals surface area contributed by atoms with Crippen LogP contribution >= 0.6 is 0 Å². The molecule has 156 valence electrons. The lowest BCUT2D eigenvalue weighted by Gasteiger charge is -2.33. The van der Waals surface area contributed by atoms with E-state index >= 15 is 0 Å². The number of imide groups is 1. The molecule has 0 radical (unpaired) electrons. The average Bonchev–Trinajstić information content (AvgIpc) is 3.00. The quantitative estimate of drug-likeness (QED) is 0.716. The zero-order valence-electron chi connectivity index (χ0n) is 16.8. The molecule has 2 saturated heterocycles. The van der Waals surface area contributed by atoms with E-state index in [-0.39, 0.29) is 24.4 Å². The third-order valence-corrected chi connectivity index (χ3v) is 6.09. The van der Waals surface area contributed by atoms with E-state index in [0.29, 0.717) is 32.4 Å². The van der Waals surface area contributed by atoms with Crippen molar-refractivity contribution in [2.75, 3.05) is 19.8 Å². The second-order valence-electron chi connectivity index (χ2n) is 8.03. The fourth-order valence-corrected chi connectivity index (χ4v) is 4.36. The zero-order chi connectivity index (χ0) is 21.1. The van der Waals surface area contributed by atoms with Crippen molar-refractivity contribution in [3.63, 3.8) is 0 Å². The Morgan fingerprint density at radius 2 is 1.60 bits per heavy atom. The van der Waals surface area contributed by atoms with Crippen LogP contribution < -0.4 is 11.1 Å². The molecule has 4 amide bonds. The standard InChI is InChI=1S/C23H26N4O3/c24-20(28)18-11-13-26(14-12-18)16-27-21(29)23(25-22(27)30,19-9-5-2-6-10-19)15-17-7-3-1-4-8-17/h1-10,18H,11-16H2,(H2,24,28)(H,25,30)/t23-/m0/s1. The average molecular weight is 406 g/mol. The van der Waals surface area contributed by atoms with Crippen molar-refractivity contribution in [2.45, 2.75) is 24.8 Å². The Bertz CT molecular complexity index is 926. The van der Waals surface area contributed by atoms with Gasteiger partial charge in [0.2, 0.25) is 5.91 Å². The summed E-state index contributed by atoms with van der Waals surface area (Å²) in [5.74, 6) is -0.666. The number of benzene rings is 2. The molecule has 4 rings (SSSR count). The number of carbonyl (C=O) groups excluding carboxylic acids is 3. The number of urea groups is 1. The molecule has 1 atom stereocenters. The number of nitrogens with two attached hydrogens (primary N) is 1. The lowest BCUT2D eigenvalue weighted by Crippen LogP contribution is -2.48. The number of hydrogen-bond donors (Lipinski definition) is 2. The summed E-state index contributed by atoms with van der Waals surface area (Å²) >= 11 is 0. The Balaban J connectivity index is 1.57. The third kappa shape index (κ3) is 3.80. The molecule has 7 nitrogen and oxygen atoms in total. The summed E-state index contributed by atoms with van der Waals surface area (Å²) in [6.07, 6.45) is 1.67. The molecule has 0 saturated carbocycles. The van der Waals surface area contributed by atoms with Gasteiger partial charge in [0.05, 0.1) is 6.67 Å². The zero-order valence-corrected chi connectivity index (χ0v) is 16.8. The summed E-state index contributed by atoms with van der Waals surface area (Å²) in [5, 5.41) is 2.99. The molecule has 0 bridgehead atoms. The molecule has 7 heteroatoms. The van der Waals surface area contributed by atoms with Crippen LogP contribution in [0.2, 0.25) is 0 Å². The summed E-state index contributed by atoms with van der Waals surface area (Å²) in [4.78, 5) is 41.3. The first-order valence-corrected chi connectivity index (χ1v) is 10.2. The minimum Gasteiger partial charge on any atom is -0.369 e. The molecule has 2 heterocycles. The van der Waals surface area contributed by atoms with Gasteiger partial charge >= 0.3 is 6.03 Å². The first kappa shape index (κ1) is 20.1. The van der Waals surface area contributed by atoms with E-state index < -0.39 is 11.6 Å². The van der Waals surface area contributed by atoms with Gasteiger partial charge in [-0.15, -0.1) is 0 Å². The number of carbonyl (C=O) groups is 3. The highest BCUT2D eigenvalue weighted by Gasteiger charge is 2.52. The Morgan fingerprint density at radius 3 is 2.20 bits per heavy atom. The summed E-state index contributed by atoms with van der Waals surface area (Å²) in [7, 11) is 0. The van der Waals surface area contributed by atoms with Crippen molar-refractivity contribution in [1.82, 2.24) is 15.1 Å². The number of likely N-dealkylation sites (tertiary alicyclic amines) is 1. The molecule has 30 heavy (non-hydrogen) atoms. The van der Waals surface area contributed by atoms with Gasteiger partial charge < -0.3 is 11.1 Å². The molecule has 0 aromatic heterocycles. The van der Waals surface area contributed by atoms with Crippen molar-refractivity contribution in [3.8, 4) is 0 Å². The molecular formula is C23H26N4O3. The first-order chi connectivity index (χ1) is 14.5. The van der Waals surface area contributed by atoms with Crippen LogP contribution in [0, 0.1) is 5.92 Å². The molecule has 3 N–H and O–H groups in total. The van der Waals surface area contributed by atoms with Crippen LogP contribution in [-0.4, -0.2) is 47.4 Å². The molecule has 0 unspecified atom stereocenters. The second-order valence-corrected chi connectivity index (χ2v) is 8.03. The van der Waals surface area contributed by atoms with Crippen LogP contribution in [0.3, 0.4) is 0 Å². The largest absolute Gasteiger partial charge is 0.369 e. The van der Waals surface area contributed by atoms with Gasteiger partial charge in [-0.05, 0) is 24.0 Å². The molecule has 2 fully saturated rings. The fraction of sp³-hybridized carbons (Fsp3) is 0.348. The molecule has 0 aliphatic carbocycles. The van der Waals surface area contributed by atoms with Gasteiger partial charge in [0.25, 0.3) is 5.91 Å². The Hall–Kier alpha value is -3.19. The fourth-order valence-electron chi connectivity index (χ4n) is 4.36. The van der Waals surface area contributed by atoms with E-state index in [1.807, 2.05) is 65.6 Å². The van der Waals surface area contributed by atoms with E-state index in [9.17, 15) is 14.4 Å². The summed E-state index contributed by atoms with van der Waals surface area (Å²) in [6.45, 7) is 1.46. The van der Waals surface area contributed by atoms with Gasteiger partial charge in [0.1, 0.15) is 0 Å². The third-order valence-electron chi connectivity index (χ3n) is 6.09. The highest BCUT2D eigenvalue weighted by Crippen LogP contribution is 2.33. The topological polar surface area (TPSA) is 95.7 Å². The van der Waals surface area contributed by atoms with Gasteiger partial charge in [-0.2, -0.15) is 0 Å². The molecule has 2 aromatic rings. The number of hydrogen-bond acceptors (Lipinski definition) is 4. The van der Waals surface area contributed by atoms with Crippen molar-refractivity contribution < 1.29 is 14.4 Å². The maximum atomic E-state index is 13.6. The maximum absolute atomic E-state index is 13.6. The monoisotopic (exact) mass is 406 g/mol. The predicted octanol–water partition coefficient (Wildman–Crippen LogP) is 1.83. The SMILES string of the molecule is NC(=O)C1CCN(CN2C(=O)N[C@@](Cc3ccccc3)(c3ccccc3)C2=O)CC1. The molecule has 2 aliphatic heterocycles. The van der Waals surface area contributed by atoms with Gasteiger partial charge in [0, 0.05) is 25.4 Å². The van der Waals surface area contributed by atoms with Gasteiger partial charge in [-0.3, -0.25) is 14.5 Å². The number of nitrogens with zero attached hydrogens (tertiary/aromatic N) is 2. The summed E-state index contributed by atoms with van der Waals surface area (Å²) in [6, 6.07) is 18.7. The van der Waals surface area contributed by atoms with Crippen LogP contribution in [0.4, 0.5) is 4.79 Å². The van der Waals surface area contributed by atoms with E-state index in [0.717, 1.165) is 11.1 Å². The number of nitrogens with one attached hydrogen (secondary N) is 1. The maximum Gasteiger partial charge on any atom is 0.326 e. The van der Waals surface area contributed by atoms with Crippen LogP contribution in [0.15, 0.2) is 60.7 Å². The van der Waals surface area contributed by atoms with Gasteiger partial charge in [0.15, 0.2) is 5.54 Å². The minimum atomic E-state index is -1.13. The molecule has 2 aromatic carbocycles. The first-order valence-electron chi connectivity index (χ1n) is 10.2. The summed E-state index contributed by atoms with van der Waals surface area (Å²) < 4.78 is 0. The number of amides is 4. The highest BCUT2D eigenvalue weighted by atomic mass is 16.2. The molecule has 0 spiro atoms. The van der Waals surface area contributed by atoms with Crippen LogP contribution in [0.1, 0.15) is 24.0 Å². The van der Waals surface area contributed by atoms with Crippen molar-refractivity contribution in [2.24, 2.45) is 11.7 Å². The number of piperidine rings is 1. The van der Waals surface area contributed by atoms with E-state index in [2.05, 4.69) is 5.32 Å². The lowest BCUT2D eigenvalue weighted by molar-refractivity contribution is -0.134. The van der Waals surface area contributed by atoms with Crippen LogP contribution in [0.5, 0.6) is 0 Å². The Morgan fingerprint density at radius 1 is 1.00 bits per heavy atom. The van der Waals surface area contributed by atoms with Crippen molar-refractivity contribution in [1.29, 1.82) is 0 Å². The lowest BCUT2D eigenvalue weighted by atomic mass is 9.83. The summed E-state index contributed by atoms with van der Waals surface area (Å²) in [5.41, 5.74) is 6.01. The number of primary amides is 1. The minimum absolute atomic E-state index is 0.133. The van der Waals surface area contributed by atoms with E-state index in [1.165, 1.54) is 4.90 Å². The Kier molecular flexibility index (Phi) is 5.55. The number of rotatable bonds is 6. The Labute approximate surface area is 175 Å². The highest BCUT2D eigenvalue weighted by molar-refractivity contribution is 6.07. The molecular weight excluding hydrogens is 380 g/mol. The predicted molar refractivity (Wildman–Crippen MR) is 112 cm³/mol. The van der Waals surface area contributed by atoms with E-state index in [1.54, 1.807) is 0 Å². The van der Waals surface area contributed by atoms with Crippen molar-refractivity contribution >= 4 is 17.8 Å². The molecule has 2 aliphatic rings. The van der Waals surface area contributed by atoms with Gasteiger partial charge in [-0.1, -0.05) is 60.7 Å². The van der Waals surface area contributed by atoms with Crippen LogP contribution in [0.25, 0.3) is 0 Å².